The standard InChI is InChI=1S/C11H16N2O3S/c1-11(2,3)16-10(15)12-7-8(14)13-5-4-6-17-9(7)13/h4-5,7,9H,6H2,1-3H3,(H,12,15). The van der Waals surface area contributed by atoms with Crippen molar-refractivity contribution in [1.29, 1.82) is 0 Å². The molecule has 2 rings (SSSR count). The summed E-state index contributed by atoms with van der Waals surface area (Å²) in [7, 11) is 0. The Balaban J connectivity index is 1.90. The lowest BCUT2D eigenvalue weighted by molar-refractivity contribution is -0.141. The van der Waals surface area contributed by atoms with Gasteiger partial charge in [-0.25, -0.2) is 4.79 Å². The molecule has 0 spiro atoms. The molecule has 0 bridgehead atoms. The van der Waals surface area contributed by atoms with Gasteiger partial charge in [0.05, 0.1) is 0 Å². The number of rotatable bonds is 1. The van der Waals surface area contributed by atoms with Crippen molar-refractivity contribution < 1.29 is 14.3 Å². The molecule has 6 heteroatoms. The van der Waals surface area contributed by atoms with Crippen LogP contribution in [0.25, 0.3) is 0 Å². The molecule has 2 amide bonds. The topological polar surface area (TPSA) is 58.6 Å². The Hall–Kier alpha value is -1.17. The Morgan fingerprint density at radius 2 is 2.29 bits per heavy atom. The molecule has 0 aromatic carbocycles. The fourth-order valence-corrected chi connectivity index (χ4v) is 2.81. The number of amides is 2. The summed E-state index contributed by atoms with van der Waals surface area (Å²) in [6, 6.07) is -0.459. The van der Waals surface area contributed by atoms with Gasteiger partial charge < -0.3 is 15.0 Å². The predicted molar refractivity (Wildman–Crippen MR) is 65.4 cm³/mol. The summed E-state index contributed by atoms with van der Waals surface area (Å²) < 4.78 is 5.12. The van der Waals surface area contributed by atoms with Crippen LogP contribution in [0.15, 0.2) is 12.3 Å². The SMILES string of the molecule is CC(C)(C)OC(=O)NC1C(=O)N2C=CCSC12. The number of carbonyl (C=O) groups is 2. The first kappa shape index (κ1) is 12.3. The van der Waals surface area contributed by atoms with E-state index in [1.807, 2.05) is 6.08 Å². The number of carbonyl (C=O) groups excluding carboxylic acids is 2. The van der Waals surface area contributed by atoms with E-state index < -0.39 is 17.7 Å². The summed E-state index contributed by atoms with van der Waals surface area (Å²) in [5.41, 5.74) is -0.545. The highest BCUT2D eigenvalue weighted by Crippen LogP contribution is 2.33. The van der Waals surface area contributed by atoms with Gasteiger partial charge in [0.2, 0.25) is 0 Å². The highest BCUT2D eigenvalue weighted by Gasteiger charge is 2.48. The van der Waals surface area contributed by atoms with E-state index in [9.17, 15) is 9.59 Å². The van der Waals surface area contributed by atoms with Gasteiger partial charge in [-0.15, -0.1) is 11.8 Å². The summed E-state index contributed by atoms with van der Waals surface area (Å²) in [5, 5.41) is 2.63. The number of β-lactam (4-membered cyclic amide) rings is 1. The molecule has 94 valence electrons. The van der Waals surface area contributed by atoms with E-state index in [-0.39, 0.29) is 11.3 Å². The maximum Gasteiger partial charge on any atom is 0.408 e. The van der Waals surface area contributed by atoms with Crippen LogP contribution >= 0.6 is 11.8 Å². The third kappa shape index (κ3) is 2.57. The number of ether oxygens (including phenoxy) is 1. The van der Waals surface area contributed by atoms with Crippen LogP contribution in [0.3, 0.4) is 0 Å². The number of hydrogen-bond donors (Lipinski definition) is 1. The van der Waals surface area contributed by atoms with Crippen LogP contribution in [0.1, 0.15) is 20.8 Å². The van der Waals surface area contributed by atoms with Crippen LogP contribution in [0, 0.1) is 0 Å². The molecular weight excluding hydrogens is 240 g/mol. The minimum absolute atomic E-state index is 0.0139. The lowest BCUT2D eigenvalue weighted by Crippen LogP contribution is -2.68. The van der Waals surface area contributed by atoms with Gasteiger partial charge in [0.25, 0.3) is 5.91 Å². The van der Waals surface area contributed by atoms with E-state index in [1.54, 1.807) is 43.6 Å². The summed E-state index contributed by atoms with van der Waals surface area (Å²) in [6.45, 7) is 5.37. The van der Waals surface area contributed by atoms with E-state index in [0.29, 0.717) is 0 Å². The molecule has 1 N–H and O–H groups in total. The van der Waals surface area contributed by atoms with Crippen molar-refractivity contribution in [2.45, 2.75) is 37.8 Å². The Labute approximate surface area is 105 Å². The quantitative estimate of drug-likeness (QED) is 0.719. The Kier molecular flexibility index (Phi) is 3.07. The van der Waals surface area contributed by atoms with Crippen molar-refractivity contribution in [3.05, 3.63) is 12.3 Å². The van der Waals surface area contributed by atoms with Crippen molar-refractivity contribution in [1.82, 2.24) is 10.2 Å². The molecule has 0 radical (unpaired) electrons. The predicted octanol–water partition coefficient (Wildman–Crippen LogP) is 1.31. The Bertz CT molecular complexity index is 375. The van der Waals surface area contributed by atoms with Gasteiger partial charge in [-0.3, -0.25) is 4.79 Å². The van der Waals surface area contributed by atoms with Gasteiger partial charge in [0.1, 0.15) is 17.0 Å². The number of thioether (sulfide) groups is 1. The molecule has 0 saturated carbocycles. The molecule has 1 fully saturated rings. The molecule has 17 heavy (non-hydrogen) atoms. The number of nitrogens with one attached hydrogen (secondary N) is 1. The Morgan fingerprint density at radius 3 is 2.94 bits per heavy atom. The van der Waals surface area contributed by atoms with Crippen molar-refractivity contribution in [3.63, 3.8) is 0 Å². The van der Waals surface area contributed by atoms with Crippen LogP contribution < -0.4 is 5.32 Å². The maximum atomic E-state index is 11.7. The molecule has 0 aromatic heterocycles. The molecule has 2 heterocycles. The second-order valence-electron chi connectivity index (χ2n) is 4.98. The lowest BCUT2D eigenvalue weighted by Gasteiger charge is -2.46. The summed E-state index contributed by atoms with van der Waals surface area (Å²) in [5.74, 6) is 0.783. The van der Waals surface area contributed by atoms with Gasteiger partial charge in [-0.05, 0) is 20.8 Å². The van der Waals surface area contributed by atoms with Crippen LogP contribution in [-0.4, -0.2) is 39.7 Å². The van der Waals surface area contributed by atoms with Crippen LogP contribution in [0.4, 0.5) is 4.79 Å². The summed E-state index contributed by atoms with van der Waals surface area (Å²) >= 11 is 1.63. The van der Waals surface area contributed by atoms with Crippen LogP contribution in [-0.2, 0) is 9.53 Å². The van der Waals surface area contributed by atoms with Crippen LogP contribution in [0.5, 0.6) is 0 Å². The largest absolute Gasteiger partial charge is 0.444 e. The lowest BCUT2D eigenvalue weighted by atomic mass is 10.1. The number of nitrogens with zero attached hydrogens (tertiary/aromatic N) is 1. The van der Waals surface area contributed by atoms with Crippen molar-refractivity contribution in [2.24, 2.45) is 0 Å². The average Bonchev–Trinajstić information content (AvgIpc) is 2.23. The van der Waals surface area contributed by atoms with E-state index >= 15 is 0 Å². The minimum atomic E-state index is -0.545. The Morgan fingerprint density at radius 1 is 1.59 bits per heavy atom. The number of hydrogen-bond acceptors (Lipinski definition) is 4. The third-order valence-electron chi connectivity index (χ3n) is 2.38. The van der Waals surface area contributed by atoms with Crippen molar-refractivity contribution in [3.8, 4) is 0 Å². The first-order valence-electron chi connectivity index (χ1n) is 5.48. The monoisotopic (exact) mass is 256 g/mol. The molecule has 1 saturated heterocycles. The fraction of sp³-hybridized carbons (Fsp3) is 0.636. The number of fused-ring (bicyclic) bond motifs is 1. The third-order valence-corrected chi connectivity index (χ3v) is 3.61. The second-order valence-corrected chi connectivity index (χ2v) is 6.13. The maximum absolute atomic E-state index is 11.7. The zero-order chi connectivity index (χ0) is 12.6. The highest BCUT2D eigenvalue weighted by molar-refractivity contribution is 8.00. The molecule has 0 aliphatic carbocycles. The van der Waals surface area contributed by atoms with E-state index in [4.69, 9.17) is 4.74 Å². The smallest absolute Gasteiger partial charge is 0.408 e. The number of alkyl carbamates (subject to hydrolysis) is 1. The molecule has 0 aromatic rings. The first-order chi connectivity index (χ1) is 7.88. The first-order valence-corrected chi connectivity index (χ1v) is 6.53. The zero-order valence-corrected chi connectivity index (χ0v) is 10.9. The van der Waals surface area contributed by atoms with Gasteiger partial charge in [-0.2, -0.15) is 0 Å². The molecular formula is C11H16N2O3S. The average molecular weight is 256 g/mol. The van der Waals surface area contributed by atoms with Crippen molar-refractivity contribution in [2.75, 3.05) is 5.75 Å². The van der Waals surface area contributed by atoms with Crippen LogP contribution in [0.2, 0.25) is 0 Å². The van der Waals surface area contributed by atoms with Gasteiger partial charge in [0.15, 0.2) is 0 Å². The van der Waals surface area contributed by atoms with E-state index in [1.165, 1.54) is 0 Å². The summed E-state index contributed by atoms with van der Waals surface area (Å²) in [6.07, 6.45) is 3.17. The van der Waals surface area contributed by atoms with Gasteiger partial charge in [-0.1, -0.05) is 6.08 Å². The summed E-state index contributed by atoms with van der Waals surface area (Å²) in [4.78, 5) is 24.9. The van der Waals surface area contributed by atoms with E-state index in [0.717, 1.165) is 5.75 Å². The highest BCUT2D eigenvalue weighted by atomic mass is 32.2. The normalized spacial score (nSPS) is 27.2. The van der Waals surface area contributed by atoms with Gasteiger partial charge in [0, 0.05) is 12.0 Å². The second kappa shape index (κ2) is 4.25. The van der Waals surface area contributed by atoms with E-state index in [2.05, 4.69) is 5.32 Å². The molecule has 2 unspecified atom stereocenters. The molecule has 2 aliphatic rings. The molecule has 5 nitrogen and oxygen atoms in total. The molecule has 2 aliphatic heterocycles. The van der Waals surface area contributed by atoms with Crippen molar-refractivity contribution >= 4 is 23.8 Å². The zero-order valence-electron chi connectivity index (χ0n) is 10.1. The fourth-order valence-electron chi connectivity index (χ4n) is 1.70. The molecule has 2 atom stereocenters. The minimum Gasteiger partial charge on any atom is -0.444 e. The van der Waals surface area contributed by atoms with Gasteiger partial charge >= 0.3 is 6.09 Å².